The average molecular weight is 180 g/mol. The van der Waals surface area contributed by atoms with Crippen molar-refractivity contribution >= 4 is 6.29 Å². The summed E-state index contributed by atoms with van der Waals surface area (Å²) in [7, 11) is 1.49. The largest absolute Gasteiger partial charge is 0.504 e. The first kappa shape index (κ1) is 9.58. The number of aryl methyl sites for hydroxylation is 1. The van der Waals surface area contributed by atoms with E-state index < -0.39 is 0 Å². The number of aromatic hydroxyl groups is 1. The monoisotopic (exact) mass is 180 g/mol. The minimum Gasteiger partial charge on any atom is -0.504 e. The maximum absolute atomic E-state index is 10.3. The number of hydrogen-bond donors (Lipinski definition) is 1. The van der Waals surface area contributed by atoms with Gasteiger partial charge < -0.3 is 14.6 Å². The van der Waals surface area contributed by atoms with Crippen molar-refractivity contribution in [3.63, 3.8) is 0 Å². The molecule has 0 aromatic heterocycles. The van der Waals surface area contributed by atoms with Crippen LogP contribution in [0.4, 0.5) is 0 Å². The molecule has 3 heteroatoms. The third kappa shape index (κ3) is 1.99. The van der Waals surface area contributed by atoms with E-state index in [9.17, 15) is 9.90 Å². The Bertz CT molecular complexity index is 318. The minimum absolute atomic E-state index is 0.0557. The van der Waals surface area contributed by atoms with E-state index in [-0.39, 0.29) is 12.2 Å². The predicted octanol–water partition coefficient (Wildman–Crippen LogP) is 1.45. The summed E-state index contributed by atoms with van der Waals surface area (Å²) in [6.07, 6.45) is 0.970. The molecule has 1 N–H and O–H groups in total. The number of benzene rings is 1. The maximum atomic E-state index is 10.3. The first-order valence-corrected chi connectivity index (χ1v) is 3.99. The molecule has 0 fully saturated rings. The zero-order valence-corrected chi connectivity index (χ0v) is 7.70. The molecule has 0 aliphatic rings. The summed E-state index contributed by atoms with van der Waals surface area (Å²) in [6, 6.07) is 3.50. The number of hydrogen-bond acceptors (Lipinski definition) is 3. The molecule has 0 atom stereocenters. The van der Waals surface area contributed by atoms with Gasteiger partial charge in [0.2, 0.25) is 0 Å². The molecule has 0 aliphatic heterocycles. The van der Waals surface area contributed by atoms with Crippen molar-refractivity contribution in [2.45, 2.75) is 13.3 Å². The number of carbonyl (C=O) groups excluding carboxylic acids is 1. The van der Waals surface area contributed by atoms with E-state index in [1.165, 1.54) is 7.11 Å². The van der Waals surface area contributed by atoms with Gasteiger partial charge in [-0.3, -0.25) is 0 Å². The van der Waals surface area contributed by atoms with Crippen LogP contribution in [0, 0.1) is 6.92 Å². The normalized spacial score (nSPS) is 9.69. The smallest absolute Gasteiger partial charge is 0.161 e. The zero-order chi connectivity index (χ0) is 9.84. The van der Waals surface area contributed by atoms with E-state index in [1.54, 1.807) is 12.1 Å². The fraction of sp³-hybridized carbons (Fsp3) is 0.300. The molecule has 0 saturated heterocycles. The van der Waals surface area contributed by atoms with Crippen LogP contribution in [0.2, 0.25) is 0 Å². The molecule has 1 aromatic carbocycles. The van der Waals surface area contributed by atoms with Crippen molar-refractivity contribution in [1.82, 2.24) is 0 Å². The Hall–Kier alpha value is -1.51. The second-order valence-corrected chi connectivity index (χ2v) is 2.85. The molecule has 0 spiro atoms. The van der Waals surface area contributed by atoms with Gasteiger partial charge in [0.25, 0.3) is 0 Å². The van der Waals surface area contributed by atoms with Gasteiger partial charge in [0.1, 0.15) is 6.29 Å². The highest BCUT2D eigenvalue weighted by molar-refractivity contribution is 5.60. The highest BCUT2D eigenvalue weighted by Crippen LogP contribution is 2.31. The molecule has 0 aliphatic carbocycles. The number of phenolic OH excluding ortho intramolecular Hbond substituents is 1. The van der Waals surface area contributed by atoms with Gasteiger partial charge >= 0.3 is 0 Å². The van der Waals surface area contributed by atoms with Crippen molar-refractivity contribution in [3.8, 4) is 11.5 Å². The number of aldehydes is 1. The Morgan fingerprint density at radius 1 is 1.54 bits per heavy atom. The molecule has 13 heavy (non-hydrogen) atoms. The lowest BCUT2D eigenvalue weighted by Crippen LogP contribution is -1.92. The molecule has 0 amide bonds. The lowest BCUT2D eigenvalue weighted by atomic mass is 10.1. The lowest BCUT2D eigenvalue weighted by Gasteiger charge is -2.08. The van der Waals surface area contributed by atoms with E-state index in [1.807, 2.05) is 6.92 Å². The van der Waals surface area contributed by atoms with Gasteiger partial charge in [0.15, 0.2) is 11.5 Å². The quantitative estimate of drug-likeness (QED) is 0.716. The molecule has 0 radical (unpaired) electrons. The van der Waals surface area contributed by atoms with Crippen LogP contribution in [-0.4, -0.2) is 18.5 Å². The first-order chi connectivity index (χ1) is 6.19. The van der Waals surface area contributed by atoms with E-state index in [2.05, 4.69) is 0 Å². The summed E-state index contributed by atoms with van der Waals surface area (Å²) < 4.78 is 4.95. The van der Waals surface area contributed by atoms with Gasteiger partial charge in [0.05, 0.1) is 7.11 Å². The van der Waals surface area contributed by atoms with Crippen LogP contribution in [0.15, 0.2) is 12.1 Å². The Balaban J connectivity index is 3.18. The van der Waals surface area contributed by atoms with Gasteiger partial charge in [0, 0.05) is 12.0 Å². The predicted molar refractivity (Wildman–Crippen MR) is 49.2 cm³/mol. The first-order valence-electron chi connectivity index (χ1n) is 3.99. The third-order valence-electron chi connectivity index (χ3n) is 1.82. The van der Waals surface area contributed by atoms with Gasteiger partial charge in [-0.05, 0) is 18.6 Å². The average Bonchev–Trinajstić information content (AvgIpc) is 2.11. The second-order valence-electron chi connectivity index (χ2n) is 2.85. The van der Waals surface area contributed by atoms with Gasteiger partial charge in [-0.25, -0.2) is 0 Å². The van der Waals surface area contributed by atoms with Crippen LogP contribution in [0.3, 0.4) is 0 Å². The van der Waals surface area contributed by atoms with E-state index in [4.69, 9.17) is 4.74 Å². The number of phenols is 1. The topological polar surface area (TPSA) is 46.5 Å². The van der Waals surface area contributed by atoms with Gasteiger partial charge in [-0.2, -0.15) is 0 Å². The molecule has 3 nitrogen and oxygen atoms in total. The number of methoxy groups -OCH3 is 1. The zero-order valence-electron chi connectivity index (χ0n) is 7.70. The van der Waals surface area contributed by atoms with Crippen LogP contribution in [0.5, 0.6) is 11.5 Å². The molecule has 0 saturated carbocycles. The van der Waals surface area contributed by atoms with Crippen molar-refractivity contribution in [2.24, 2.45) is 0 Å². The molecule has 70 valence electrons. The Morgan fingerprint density at radius 2 is 2.23 bits per heavy atom. The third-order valence-corrected chi connectivity index (χ3v) is 1.82. The SMILES string of the molecule is COc1cc(C)cc(CC=O)c1O. The Labute approximate surface area is 77.0 Å². The van der Waals surface area contributed by atoms with Gasteiger partial charge in [-0.15, -0.1) is 0 Å². The highest BCUT2D eigenvalue weighted by atomic mass is 16.5. The van der Waals surface area contributed by atoms with E-state index in [0.717, 1.165) is 11.8 Å². The fourth-order valence-electron chi connectivity index (χ4n) is 1.22. The van der Waals surface area contributed by atoms with Crippen molar-refractivity contribution in [1.29, 1.82) is 0 Å². The minimum atomic E-state index is 0.0557. The molecule has 1 aromatic rings. The summed E-state index contributed by atoms with van der Waals surface area (Å²) >= 11 is 0. The highest BCUT2D eigenvalue weighted by Gasteiger charge is 2.07. The summed E-state index contributed by atoms with van der Waals surface area (Å²) in [5.41, 5.74) is 1.57. The second kappa shape index (κ2) is 3.94. The molecule has 0 unspecified atom stereocenters. The summed E-state index contributed by atoms with van der Waals surface area (Å²) in [5, 5.41) is 9.56. The number of carbonyl (C=O) groups is 1. The van der Waals surface area contributed by atoms with Crippen LogP contribution < -0.4 is 4.74 Å². The Morgan fingerprint density at radius 3 is 2.77 bits per heavy atom. The standard InChI is InChI=1S/C10H12O3/c1-7-5-8(3-4-11)10(12)9(6-7)13-2/h4-6,12H,3H2,1-2H3. The van der Waals surface area contributed by atoms with Crippen LogP contribution in [0.1, 0.15) is 11.1 Å². The van der Waals surface area contributed by atoms with Crippen LogP contribution >= 0.6 is 0 Å². The fourth-order valence-corrected chi connectivity index (χ4v) is 1.22. The van der Waals surface area contributed by atoms with Crippen molar-refractivity contribution in [2.75, 3.05) is 7.11 Å². The molecule has 0 bridgehead atoms. The molecule has 0 heterocycles. The molecular formula is C10H12O3. The van der Waals surface area contributed by atoms with Gasteiger partial charge in [-0.1, -0.05) is 6.07 Å². The maximum Gasteiger partial charge on any atom is 0.161 e. The molecule has 1 rings (SSSR count). The van der Waals surface area contributed by atoms with E-state index in [0.29, 0.717) is 11.3 Å². The summed E-state index contributed by atoms with van der Waals surface area (Å²) in [6.45, 7) is 1.89. The summed E-state index contributed by atoms with van der Waals surface area (Å²) in [5.74, 6) is 0.469. The van der Waals surface area contributed by atoms with Crippen LogP contribution in [-0.2, 0) is 11.2 Å². The summed E-state index contributed by atoms with van der Waals surface area (Å²) in [4.78, 5) is 10.3. The number of ether oxygens (including phenoxy) is 1. The van der Waals surface area contributed by atoms with Crippen molar-refractivity contribution in [3.05, 3.63) is 23.3 Å². The van der Waals surface area contributed by atoms with Crippen molar-refractivity contribution < 1.29 is 14.6 Å². The molecular weight excluding hydrogens is 168 g/mol. The van der Waals surface area contributed by atoms with E-state index >= 15 is 0 Å². The van der Waals surface area contributed by atoms with Crippen LogP contribution in [0.25, 0.3) is 0 Å². The lowest BCUT2D eigenvalue weighted by molar-refractivity contribution is -0.107. The Kier molecular flexibility index (Phi) is 2.90. The number of rotatable bonds is 3.